The van der Waals surface area contributed by atoms with E-state index in [1.807, 2.05) is 0 Å². The number of hydrogen-bond donors (Lipinski definition) is 2. The smallest absolute Gasteiger partial charge is 0.273 e. The summed E-state index contributed by atoms with van der Waals surface area (Å²) in [6.45, 7) is 1.68. The number of aromatic nitrogens is 4. The summed E-state index contributed by atoms with van der Waals surface area (Å²) in [5.74, 6) is 0.0929. The van der Waals surface area contributed by atoms with E-state index in [-0.39, 0.29) is 26.5 Å². The molecule has 0 bridgehead atoms. The Morgan fingerprint density at radius 1 is 1.13 bits per heavy atom. The van der Waals surface area contributed by atoms with Crippen LogP contribution in [0, 0.1) is 6.92 Å². The van der Waals surface area contributed by atoms with Crippen molar-refractivity contribution in [2.24, 2.45) is 0 Å². The second kappa shape index (κ2) is 7.39. The maximum absolute atomic E-state index is 12.7. The lowest BCUT2D eigenvalue weighted by molar-refractivity contribution is 0.400. The first kappa shape index (κ1) is 19.8. The van der Waals surface area contributed by atoms with Crippen molar-refractivity contribution in [3.8, 4) is 17.0 Å². The molecule has 3 N–H and O–H groups in total. The summed E-state index contributed by atoms with van der Waals surface area (Å²) in [7, 11) is -2.55. The summed E-state index contributed by atoms with van der Waals surface area (Å²) in [6, 6.07) is 5.04. The van der Waals surface area contributed by atoms with Gasteiger partial charge in [-0.15, -0.1) is 0 Å². The van der Waals surface area contributed by atoms with Crippen LogP contribution >= 0.6 is 11.3 Å². The molecule has 0 saturated carbocycles. The normalized spacial score (nSPS) is 11.5. The van der Waals surface area contributed by atoms with Gasteiger partial charge in [0, 0.05) is 35.3 Å². The molecule has 10 nitrogen and oxygen atoms in total. The van der Waals surface area contributed by atoms with Gasteiger partial charge in [-0.05, 0) is 25.1 Å². The molecule has 0 aliphatic rings. The van der Waals surface area contributed by atoms with E-state index in [1.54, 1.807) is 31.3 Å². The van der Waals surface area contributed by atoms with Crippen LogP contribution in [0.25, 0.3) is 16.8 Å². The largest absolute Gasteiger partial charge is 0.480 e. The first-order valence-corrected chi connectivity index (χ1v) is 10.8. The van der Waals surface area contributed by atoms with Crippen molar-refractivity contribution >= 4 is 37.8 Å². The van der Waals surface area contributed by atoms with Gasteiger partial charge in [-0.25, -0.2) is 23.4 Å². The number of nitrogens with two attached hydrogens (primary N) is 1. The van der Waals surface area contributed by atoms with Gasteiger partial charge in [-0.2, -0.15) is 0 Å². The Hall–Kier alpha value is -3.51. The molecule has 4 aromatic rings. The van der Waals surface area contributed by atoms with E-state index in [4.69, 9.17) is 10.5 Å². The van der Waals surface area contributed by atoms with Gasteiger partial charge in [-0.1, -0.05) is 11.3 Å². The van der Waals surface area contributed by atoms with Gasteiger partial charge in [0.1, 0.15) is 11.3 Å². The molecule has 4 rings (SSSR count). The number of nitrogen functional groups attached to an aromatic ring is 1. The number of nitrogens with zero attached hydrogens (tertiary/aromatic N) is 4. The molecule has 30 heavy (non-hydrogen) atoms. The summed E-state index contributed by atoms with van der Waals surface area (Å²) in [6.07, 6.45) is 5.85. The van der Waals surface area contributed by atoms with Crippen molar-refractivity contribution in [3.05, 3.63) is 58.9 Å². The Labute approximate surface area is 175 Å². The molecule has 0 amide bonds. The molecule has 0 saturated heterocycles. The maximum atomic E-state index is 12.7. The van der Waals surface area contributed by atoms with Crippen LogP contribution in [0.15, 0.2) is 52.0 Å². The Morgan fingerprint density at radius 3 is 2.63 bits per heavy atom. The fourth-order valence-corrected chi connectivity index (χ4v) is 4.74. The van der Waals surface area contributed by atoms with Crippen LogP contribution in [-0.4, -0.2) is 34.9 Å². The van der Waals surface area contributed by atoms with E-state index in [1.165, 1.54) is 30.1 Å². The second-order valence-electron chi connectivity index (χ2n) is 6.30. The molecule has 4 heterocycles. The lowest BCUT2D eigenvalue weighted by Crippen LogP contribution is -2.17. The lowest BCUT2D eigenvalue weighted by atomic mass is 10.1. The number of methoxy groups -OCH3 is 1. The molecular formula is C18H16N6O4S2. The second-order valence-corrected chi connectivity index (χ2v) is 9.27. The van der Waals surface area contributed by atoms with Gasteiger partial charge in [0.05, 0.1) is 13.3 Å². The Balaban J connectivity index is 1.79. The number of sulfonamides is 1. The van der Waals surface area contributed by atoms with Crippen molar-refractivity contribution < 1.29 is 13.2 Å². The SMILES string of the molecule is COc1ncc(-c2ccc3ncc(C)c(=O)n3c2)cc1NS(=O)(=O)c1cnc(N)s1. The number of rotatable bonds is 5. The first-order valence-electron chi connectivity index (χ1n) is 8.55. The summed E-state index contributed by atoms with van der Waals surface area (Å²) in [5.41, 5.74) is 7.72. The van der Waals surface area contributed by atoms with Crippen LogP contribution in [-0.2, 0) is 10.0 Å². The quantitative estimate of drug-likeness (QED) is 0.475. The van der Waals surface area contributed by atoms with Gasteiger partial charge in [0.15, 0.2) is 9.34 Å². The third-order valence-electron chi connectivity index (χ3n) is 4.26. The van der Waals surface area contributed by atoms with Crippen LogP contribution in [0.1, 0.15) is 5.56 Å². The van der Waals surface area contributed by atoms with Crippen molar-refractivity contribution in [1.29, 1.82) is 0 Å². The van der Waals surface area contributed by atoms with Crippen molar-refractivity contribution in [2.75, 3.05) is 17.6 Å². The van der Waals surface area contributed by atoms with Crippen molar-refractivity contribution in [2.45, 2.75) is 11.1 Å². The molecule has 0 spiro atoms. The maximum Gasteiger partial charge on any atom is 0.273 e. The minimum Gasteiger partial charge on any atom is -0.480 e. The molecular weight excluding hydrogens is 428 g/mol. The van der Waals surface area contributed by atoms with E-state index in [0.717, 1.165) is 11.3 Å². The zero-order chi connectivity index (χ0) is 21.5. The van der Waals surface area contributed by atoms with Crippen LogP contribution in [0.2, 0.25) is 0 Å². The highest BCUT2D eigenvalue weighted by molar-refractivity contribution is 7.94. The van der Waals surface area contributed by atoms with E-state index in [2.05, 4.69) is 19.7 Å². The first-order chi connectivity index (χ1) is 14.3. The molecule has 154 valence electrons. The standard InChI is InChI=1S/C18H16N6O4S2/c1-10-6-20-14-4-3-11(9-24(14)17(10)25)12-5-13(16(28-2)21-7-12)23-30(26,27)15-8-22-18(19)29-15/h3-9,23H,1-2H3,(H2,19,22). The molecule has 0 fully saturated rings. The van der Waals surface area contributed by atoms with Crippen molar-refractivity contribution in [3.63, 3.8) is 0 Å². The van der Waals surface area contributed by atoms with E-state index in [0.29, 0.717) is 22.3 Å². The third-order valence-corrected chi connectivity index (χ3v) is 6.92. The van der Waals surface area contributed by atoms with E-state index in [9.17, 15) is 13.2 Å². The molecule has 0 radical (unpaired) electrons. The highest BCUT2D eigenvalue weighted by Crippen LogP contribution is 2.31. The van der Waals surface area contributed by atoms with Gasteiger partial charge < -0.3 is 10.5 Å². The predicted molar refractivity (Wildman–Crippen MR) is 113 cm³/mol. The van der Waals surface area contributed by atoms with Gasteiger partial charge >= 0.3 is 0 Å². The monoisotopic (exact) mass is 444 g/mol. The summed E-state index contributed by atoms with van der Waals surface area (Å²) < 4.78 is 34.3. The zero-order valence-electron chi connectivity index (χ0n) is 15.9. The fourth-order valence-electron chi connectivity index (χ4n) is 2.78. The minimum absolute atomic E-state index is 0.0359. The highest BCUT2D eigenvalue weighted by atomic mass is 32.2. The number of pyridine rings is 2. The summed E-state index contributed by atoms with van der Waals surface area (Å²) >= 11 is 0.842. The average molecular weight is 444 g/mol. The zero-order valence-corrected chi connectivity index (χ0v) is 17.5. The van der Waals surface area contributed by atoms with Crippen LogP contribution in [0.3, 0.4) is 0 Å². The minimum atomic E-state index is -3.93. The molecule has 12 heteroatoms. The number of fused-ring (bicyclic) bond motifs is 1. The summed E-state index contributed by atoms with van der Waals surface area (Å²) in [5, 5.41) is 0.139. The van der Waals surface area contributed by atoms with E-state index < -0.39 is 10.0 Å². The van der Waals surface area contributed by atoms with Crippen LogP contribution in [0.4, 0.5) is 10.8 Å². The van der Waals surface area contributed by atoms with Gasteiger partial charge in [0.2, 0.25) is 5.88 Å². The highest BCUT2D eigenvalue weighted by Gasteiger charge is 2.20. The molecule has 0 atom stereocenters. The number of hydrogen-bond acceptors (Lipinski definition) is 9. The molecule has 4 aromatic heterocycles. The molecule has 0 aliphatic carbocycles. The number of nitrogens with one attached hydrogen (secondary N) is 1. The molecule has 0 aromatic carbocycles. The Morgan fingerprint density at radius 2 is 1.93 bits per heavy atom. The Kier molecular flexibility index (Phi) is 4.87. The van der Waals surface area contributed by atoms with Crippen LogP contribution in [0.5, 0.6) is 5.88 Å². The average Bonchev–Trinajstić information content (AvgIpc) is 3.18. The van der Waals surface area contributed by atoms with Gasteiger partial charge in [0.25, 0.3) is 15.6 Å². The van der Waals surface area contributed by atoms with E-state index >= 15 is 0 Å². The predicted octanol–water partition coefficient (Wildman–Crippen LogP) is 1.91. The lowest BCUT2D eigenvalue weighted by Gasteiger charge is -2.12. The van der Waals surface area contributed by atoms with Gasteiger partial charge in [-0.3, -0.25) is 13.9 Å². The Bertz CT molecular complexity index is 1430. The number of ether oxygens (including phenoxy) is 1. The molecule has 0 aliphatic heterocycles. The topological polar surface area (TPSA) is 142 Å². The molecule has 0 unspecified atom stereocenters. The number of anilines is 2. The fraction of sp³-hybridized carbons (Fsp3) is 0.111. The third kappa shape index (κ3) is 3.57. The van der Waals surface area contributed by atoms with Crippen LogP contribution < -0.4 is 20.8 Å². The number of aryl methyl sites for hydroxylation is 1. The number of thiazole rings is 1. The van der Waals surface area contributed by atoms with Crippen molar-refractivity contribution in [1.82, 2.24) is 19.4 Å². The summed E-state index contributed by atoms with van der Waals surface area (Å²) in [4.78, 5) is 24.6.